The molecule has 14 heteroatoms. The summed E-state index contributed by atoms with van der Waals surface area (Å²) >= 11 is 0. The molecule has 5 atom stereocenters. The van der Waals surface area contributed by atoms with E-state index in [0.717, 1.165) is 37.6 Å². The van der Waals surface area contributed by atoms with E-state index in [1.807, 2.05) is 0 Å². The molecule has 5 heterocycles. The second kappa shape index (κ2) is 8.92. The Labute approximate surface area is 234 Å². The van der Waals surface area contributed by atoms with Gasteiger partial charge in [-0.2, -0.15) is 0 Å². The number of hydrogen-bond acceptors (Lipinski definition) is 13. The highest BCUT2D eigenvalue weighted by Gasteiger charge is 2.92. The van der Waals surface area contributed by atoms with Crippen molar-refractivity contribution in [2.45, 2.75) is 67.3 Å². The zero-order chi connectivity index (χ0) is 28.6. The quantitative estimate of drug-likeness (QED) is 0.191. The molecule has 2 aliphatic carbocycles. The molecule has 2 spiro atoms. The number of hydrogen-bond donors (Lipinski definition) is 1. The molecule has 4 aliphatic heterocycles. The summed E-state index contributed by atoms with van der Waals surface area (Å²) < 4.78 is 17.4. The summed E-state index contributed by atoms with van der Waals surface area (Å²) in [7, 11) is 0. The van der Waals surface area contributed by atoms with Crippen molar-refractivity contribution in [3.63, 3.8) is 0 Å². The molecule has 4 saturated heterocycles. The first-order chi connectivity index (χ1) is 19.6. The number of aromatic nitrogens is 2. The Balaban J connectivity index is 1.08. The second-order valence-corrected chi connectivity index (χ2v) is 11.9. The maximum absolute atomic E-state index is 14.2. The van der Waals surface area contributed by atoms with E-state index in [1.54, 1.807) is 18.5 Å². The average Bonchev–Trinajstić information content (AvgIpc) is 3.51. The number of rotatable bonds is 6. The molecule has 0 aromatic carbocycles. The number of unbranched alkanes of at least 4 members (excludes halogenated alkanes) is 1. The molecule has 41 heavy (non-hydrogen) atoms. The van der Waals surface area contributed by atoms with Gasteiger partial charge in [0.2, 0.25) is 11.5 Å². The van der Waals surface area contributed by atoms with Crippen LogP contribution in [0.1, 0.15) is 44.9 Å². The first kappa shape index (κ1) is 26.3. The largest absolute Gasteiger partial charge is 0.454 e. The number of imide groups is 1. The van der Waals surface area contributed by atoms with Crippen molar-refractivity contribution in [1.82, 2.24) is 19.8 Å². The SMILES string of the molecule is O=C1CC2(O)CC(=O)O[C@]34C(=O)N(CCCCN5CCN(c6ncccn6)CC5)C(=O)[C@@]3(OC2=O)[C@@]2(CC[C@@H]4C2)O1. The lowest BCUT2D eigenvalue weighted by Gasteiger charge is -2.50. The van der Waals surface area contributed by atoms with Crippen LogP contribution in [0.4, 0.5) is 5.95 Å². The Hall–Kier alpha value is -3.65. The van der Waals surface area contributed by atoms with Gasteiger partial charge in [0.1, 0.15) is 0 Å². The standard InChI is InChI=1S/C27H31N5O9/c33-18-15-24(38)16-19(34)40-26-17-4-5-25(14-17,39-18)27(26,41-22(24)37)21(36)32(20(26)35)9-2-1-8-30-10-12-31(13-11-30)23-28-6-3-7-29-23/h3,6-7,17,38H,1-2,4-5,8-16H2/t17-,24?,25+,26-,27-/m1/s1. The van der Waals surface area contributed by atoms with Crippen molar-refractivity contribution in [2.75, 3.05) is 44.2 Å². The highest BCUT2D eigenvalue weighted by atomic mass is 16.7. The smallest absolute Gasteiger partial charge is 0.340 e. The van der Waals surface area contributed by atoms with Crippen LogP contribution in [0.2, 0.25) is 0 Å². The van der Waals surface area contributed by atoms with Gasteiger partial charge in [0, 0.05) is 51.0 Å². The highest BCUT2D eigenvalue weighted by Crippen LogP contribution is 2.68. The fourth-order valence-corrected chi connectivity index (χ4v) is 7.86. The lowest BCUT2D eigenvalue weighted by Crippen LogP contribution is -2.74. The fourth-order valence-electron chi connectivity index (χ4n) is 7.86. The van der Waals surface area contributed by atoms with E-state index in [2.05, 4.69) is 19.8 Å². The Morgan fingerprint density at radius 1 is 0.878 bits per heavy atom. The van der Waals surface area contributed by atoms with E-state index >= 15 is 0 Å². The number of amides is 2. The molecule has 6 fully saturated rings. The normalized spacial score (nSPS) is 38.2. The van der Waals surface area contributed by atoms with Crippen LogP contribution in [-0.4, -0.2) is 116 Å². The molecular formula is C27H31N5O9. The van der Waals surface area contributed by atoms with Crippen LogP contribution < -0.4 is 4.90 Å². The van der Waals surface area contributed by atoms with E-state index in [0.29, 0.717) is 25.2 Å². The number of esters is 3. The number of nitrogens with zero attached hydrogens (tertiary/aromatic N) is 5. The number of ether oxygens (including phenoxy) is 3. The second-order valence-electron chi connectivity index (χ2n) is 11.9. The number of piperazine rings is 1. The Kier molecular flexibility index (Phi) is 5.72. The van der Waals surface area contributed by atoms with Crippen molar-refractivity contribution in [2.24, 2.45) is 5.92 Å². The van der Waals surface area contributed by atoms with Crippen LogP contribution in [0.15, 0.2) is 18.5 Å². The lowest BCUT2D eigenvalue weighted by atomic mass is 9.69. The number of carbonyl (C=O) groups is 5. The molecule has 4 bridgehead atoms. The predicted octanol–water partition coefficient (Wildman–Crippen LogP) is -1.05. The van der Waals surface area contributed by atoms with Crippen molar-refractivity contribution < 1.29 is 43.3 Å². The molecule has 1 aromatic rings. The molecule has 6 aliphatic rings. The minimum absolute atomic E-state index is 0.0229. The monoisotopic (exact) mass is 569 g/mol. The van der Waals surface area contributed by atoms with Gasteiger partial charge in [0.25, 0.3) is 17.4 Å². The molecule has 0 radical (unpaired) electrons. The topological polar surface area (TPSA) is 169 Å². The Bertz CT molecular complexity index is 1340. The van der Waals surface area contributed by atoms with Crippen LogP contribution in [0, 0.1) is 5.92 Å². The van der Waals surface area contributed by atoms with Crippen molar-refractivity contribution in [1.29, 1.82) is 0 Å². The zero-order valence-corrected chi connectivity index (χ0v) is 22.5. The summed E-state index contributed by atoms with van der Waals surface area (Å²) in [5, 5.41) is 10.9. The minimum atomic E-state index is -2.55. The third-order valence-electron chi connectivity index (χ3n) is 9.72. The van der Waals surface area contributed by atoms with Crippen LogP contribution in [0.5, 0.6) is 0 Å². The zero-order valence-electron chi connectivity index (χ0n) is 22.5. The molecule has 218 valence electrons. The van der Waals surface area contributed by atoms with Gasteiger partial charge < -0.3 is 24.2 Å². The molecule has 1 N–H and O–H groups in total. The summed E-state index contributed by atoms with van der Waals surface area (Å²) in [6.07, 6.45) is 3.44. The predicted molar refractivity (Wildman–Crippen MR) is 135 cm³/mol. The third kappa shape index (κ3) is 3.46. The van der Waals surface area contributed by atoms with E-state index in [-0.39, 0.29) is 19.4 Å². The number of carbonyl (C=O) groups excluding carboxylic acids is 5. The van der Waals surface area contributed by atoms with E-state index in [1.165, 1.54) is 0 Å². The maximum Gasteiger partial charge on any atom is 0.340 e. The molecule has 14 nitrogen and oxygen atoms in total. The van der Waals surface area contributed by atoms with Crippen molar-refractivity contribution in [3.05, 3.63) is 18.5 Å². The first-order valence-electron chi connectivity index (χ1n) is 14.1. The third-order valence-corrected chi connectivity index (χ3v) is 9.72. The average molecular weight is 570 g/mol. The summed E-state index contributed by atoms with van der Waals surface area (Å²) in [4.78, 5) is 81.4. The Morgan fingerprint density at radius 3 is 2.29 bits per heavy atom. The lowest BCUT2D eigenvalue weighted by molar-refractivity contribution is -0.266. The molecular weight excluding hydrogens is 538 g/mol. The van der Waals surface area contributed by atoms with Gasteiger partial charge in [-0.1, -0.05) is 0 Å². The first-order valence-corrected chi connectivity index (χ1v) is 14.1. The van der Waals surface area contributed by atoms with E-state index < -0.39 is 70.9 Å². The Morgan fingerprint density at radius 2 is 1.56 bits per heavy atom. The molecule has 2 saturated carbocycles. The summed E-state index contributed by atoms with van der Waals surface area (Å²) in [5.74, 6) is -4.84. The highest BCUT2D eigenvalue weighted by molar-refractivity contribution is 6.17. The number of fused-ring (bicyclic) bond motifs is 3. The van der Waals surface area contributed by atoms with Crippen LogP contribution >= 0.6 is 0 Å². The molecule has 2 amide bonds. The van der Waals surface area contributed by atoms with Crippen LogP contribution in [0.3, 0.4) is 0 Å². The number of aliphatic hydroxyl groups is 1. The van der Waals surface area contributed by atoms with Crippen LogP contribution in [0.25, 0.3) is 0 Å². The number of anilines is 1. The van der Waals surface area contributed by atoms with Gasteiger partial charge in [-0.3, -0.25) is 29.0 Å². The van der Waals surface area contributed by atoms with Crippen molar-refractivity contribution in [3.8, 4) is 0 Å². The summed E-state index contributed by atoms with van der Waals surface area (Å²) in [6, 6.07) is 1.78. The number of likely N-dealkylation sites (tertiary alicyclic amines) is 1. The van der Waals surface area contributed by atoms with Gasteiger partial charge in [-0.15, -0.1) is 0 Å². The van der Waals surface area contributed by atoms with Gasteiger partial charge in [0.05, 0.1) is 12.8 Å². The van der Waals surface area contributed by atoms with Gasteiger partial charge in [0.15, 0.2) is 11.2 Å². The molecule has 1 aromatic heterocycles. The summed E-state index contributed by atoms with van der Waals surface area (Å²) in [5.41, 5.74) is -8.67. The molecule has 7 rings (SSSR count). The van der Waals surface area contributed by atoms with Crippen LogP contribution in [-0.2, 0) is 38.2 Å². The summed E-state index contributed by atoms with van der Waals surface area (Å²) in [6.45, 7) is 3.96. The fraction of sp³-hybridized carbons (Fsp3) is 0.667. The van der Waals surface area contributed by atoms with E-state index in [4.69, 9.17) is 14.2 Å². The minimum Gasteiger partial charge on any atom is -0.454 e. The van der Waals surface area contributed by atoms with Gasteiger partial charge >= 0.3 is 17.9 Å². The van der Waals surface area contributed by atoms with Crippen molar-refractivity contribution >= 4 is 35.7 Å². The maximum atomic E-state index is 14.2. The van der Waals surface area contributed by atoms with Gasteiger partial charge in [-0.05, 0) is 44.7 Å². The van der Waals surface area contributed by atoms with Gasteiger partial charge in [-0.25, -0.2) is 14.8 Å². The molecule has 1 unspecified atom stereocenters. The van der Waals surface area contributed by atoms with E-state index in [9.17, 15) is 29.1 Å².